The van der Waals surface area contributed by atoms with Crippen LogP contribution in [0.3, 0.4) is 0 Å². The lowest BCUT2D eigenvalue weighted by Gasteiger charge is -2.37. The van der Waals surface area contributed by atoms with Gasteiger partial charge in [-0.3, -0.25) is 24.0 Å². The van der Waals surface area contributed by atoms with Crippen LogP contribution in [-0.4, -0.2) is 75.2 Å². The number of aryl methyl sites for hydroxylation is 1. The molecule has 0 N–H and O–H groups in total. The molecule has 46 heavy (non-hydrogen) atoms. The molecule has 1 aliphatic heterocycles. The molecule has 0 spiro atoms. The average Bonchev–Trinajstić information content (AvgIpc) is 3.32. The van der Waals surface area contributed by atoms with Crippen molar-refractivity contribution < 1.29 is 23.6 Å². The fraction of sp³-hybridized carbons (Fsp3) is 0.438. The molecule has 1 saturated carbocycles. The van der Waals surface area contributed by atoms with Gasteiger partial charge >= 0.3 is 11.4 Å². The maximum atomic E-state index is 13.2. The normalized spacial score (nSPS) is 18.1. The number of hydrogen-bond acceptors (Lipinski definition) is 9. The number of hydrogen-bond donors (Lipinski definition) is 0. The predicted octanol–water partition coefficient (Wildman–Crippen LogP) is 4.04. The molecule has 0 unspecified atom stereocenters. The highest BCUT2D eigenvalue weighted by molar-refractivity contribution is 5.79. The van der Waals surface area contributed by atoms with Crippen molar-refractivity contribution >= 4 is 28.6 Å². The molecule has 2 aromatic carbocycles. The summed E-state index contributed by atoms with van der Waals surface area (Å²) < 4.78 is 26.4. The number of methoxy groups -OCH3 is 2. The quantitative estimate of drug-likeness (QED) is 0.218. The number of fused-ring (bicyclic) bond motifs is 1. The van der Waals surface area contributed by atoms with E-state index in [1.165, 1.54) is 13.2 Å². The number of anilines is 1. The minimum atomic E-state index is -0.889. The number of carbonyl (C=O) groups excluding carboxylic acids is 1. The maximum absolute atomic E-state index is 13.2. The lowest BCUT2D eigenvalue weighted by atomic mass is 9.81. The molecule has 14 heteroatoms. The van der Waals surface area contributed by atoms with Gasteiger partial charge in [0, 0.05) is 76.3 Å². The van der Waals surface area contributed by atoms with Gasteiger partial charge in [-0.25, -0.2) is 14.8 Å². The van der Waals surface area contributed by atoms with E-state index in [2.05, 4.69) is 19.6 Å². The lowest BCUT2D eigenvalue weighted by molar-refractivity contribution is -0.387. The van der Waals surface area contributed by atoms with E-state index in [-0.39, 0.29) is 23.3 Å². The number of piperazine rings is 1. The van der Waals surface area contributed by atoms with Crippen LogP contribution in [0, 0.1) is 27.8 Å². The molecule has 3 heterocycles. The molecule has 1 aliphatic carbocycles. The Kier molecular flexibility index (Phi) is 10.1. The van der Waals surface area contributed by atoms with Crippen molar-refractivity contribution in [2.45, 2.75) is 32.2 Å². The largest absolute Gasteiger partial charge is 0.497 e. The van der Waals surface area contributed by atoms with Gasteiger partial charge in [-0.2, -0.15) is 4.39 Å². The summed E-state index contributed by atoms with van der Waals surface area (Å²) in [5.74, 6) is 1.61. The topological polar surface area (TPSA) is 138 Å². The Morgan fingerprint density at radius 1 is 0.957 bits per heavy atom. The standard InChI is InChI=1S/C25H32N6O3.C7H6FNO3/c1-28-21-9-8-20(34-2)16-22(21)31(25(28)33)17-18-4-6-19(7-5-18)23(32)29-12-14-30(15-13-29)24-26-10-3-11-27-24;1-12-5-2-3-7(9(10)11)6(8)4-5/h3,8-11,16,18-19H,4-7,12-15,17H2,1-2H3;2-4H,1H3/t18-,19-;. The zero-order valence-corrected chi connectivity index (χ0v) is 26.2. The number of imidazole rings is 1. The van der Waals surface area contributed by atoms with E-state index < -0.39 is 16.4 Å². The van der Waals surface area contributed by atoms with E-state index in [4.69, 9.17) is 4.74 Å². The van der Waals surface area contributed by atoms with Crippen molar-refractivity contribution in [2.75, 3.05) is 45.3 Å². The van der Waals surface area contributed by atoms with E-state index in [1.807, 2.05) is 40.8 Å². The molecule has 244 valence electrons. The Labute approximate surface area is 265 Å². The zero-order chi connectivity index (χ0) is 32.8. The third kappa shape index (κ3) is 7.11. The summed E-state index contributed by atoms with van der Waals surface area (Å²) in [5, 5.41) is 10.1. The van der Waals surface area contributed by atoms with Gasteiger partial charge in [-0.1, -0.05) is 0 Å². The van der Waals surface area contributed by atoms with Gasteiger partial charge in [0.25, 0.3) is 0 Å². The van der Waals surface area contributed by atoms with E-state index in [9.17, 15) is 24.1 Å². The zero-order valence-electron chi connectivity index (χ0n) is 26.2. The highest BCUT2D eigenvalue weighted by atomic mass is 19.1. The Morgan fingerprint density at radius 2 is 1.59 bits per heavy atom. The average molecular weight is 636 g/mol. The van der Waals surface area contributed by atoms with Gasteiger partial charge in [0.15, 0.2) is 0 Å². The second-order valence-corrected chi connectivity index (χ2v) is 11.5. The molecule has 13 nitrogen and oxygen atoms in total. The molecular weight excluding hydrogens is 597 g/mol. The first kappa shape index (κ1) is 32.4. The summed E-state index contributed by atoms with van der Waals surface area (Å²) in [4.78, 5) is 48.2. The first-order chi connectivity index (χ1) is 22.2. The van der Waals surface area contributed by atoms with Crippen molar-refractivity contribution in [2.24, 2.45) is 18.9 Å². The number of benzene rings is 2. The molecule has 0 atom stereocenters. The van der Waals surface area contributed by atoms with Gasteiger partial charge in [0.1, 0.15) is 11.5 Å². The van der Waals surface area contributed by atoms with Crippen LogP contribution in [0.2, 0.25) is 0 Å². The SMILES string of the molecule is COc1ccc([N+](=O)[O-])c(F)c1.COc1ccc2c(c1)n(C[C@H]1CC[C@H](C(=O)N3CCN(c4ncccn4)CC3)CC1)c(=O)n2C. The van der Waals surface area contributed by atoms with E-state index in [0.29, 0.717) is 25.6 Å². The molecule has 6 rings (SSSR count). The van der Waals surface area contributed by atoms with Crippen LogP contribution in [0.5, 0.6) is 11.5 Å². The van der Waals surface area contributed by atoms with E-state index in [0.717, 1.165) is 73.6 Å². The number of nitrogens with zero attached hydrogens (tertiary/aromatic N) is 7. The van der Waals surface area contributed by atoms with Crippen LogP contribution in [-0.2, 0) is 18.4 Å². The minimum absolute atomic E-state index is 0.00159. The Morgan fingerprint density at radius 3 is 2.20 bits per heavy atom. The van der Waals surface area contributed by atoms with Crippen molar-refractivity contribution in [3.05, 3.63) is 81.3 Å². The minimum Gasteiger partial charge on any atom is -0.497 e. The molecule has 2 aromatic heterocycles. The third-order valence-corrected chi connectivity index (χ3v) is 8.77. The van der Waals surface area contributed by atoms with Gasteiger partial charge in [0.05, 0.1) is 30.2 Å². The number of halogens is 1. The van der Waals surface area contributed by atoms with Crippen LogP contribution in [0.25, 0.3) is 11.0 Å². The monoisotopic (exact) mass is 635 g/mol. The predicted molar refractivity (Wildman–Crippen MR) is 170 cm³/mol. The van der Waals surface area contributed by atoms with E-state index >= 15 is 0 Å². The number of rotatable bonds is 7. The summed E-state index contributed by atoms with van der Waals surface area (Å²) in [7, 11) is 4.81. The lowest BCUT2D eigenvalue weighted by Crippen LogP contribution is -2.51. The van der Waals surface area contributed by atoms with Gasteiger partial charge < -0.3 is 19.3 Å². The second-order valence-electron chi connectivity index (χ2n) is 11.5. The van der Waals surface area contributed by atoms with Crippen molar-refractivity contribution in [3.63, 3.8) is 0 Å². The van der Waals surface area contributed by atoms with Crippen molar-refractivity contribution in [1.82, 2.24) is 24.0 Å². The third-order valence-electron chi connectivity index (χ3n) is 8.77. The van der Waals surface area contributed by atoms with Crippen molar-refractivity contribution in [1.29, 1.82) is 0 Å². The van der Waals surface area contributed by atoms with Crippen LogP contribution in [0.4, 0.5) is 16.0 Å². The summed E-state index contributed by atoms with van der Waals surface area (Å²) in [6.45, 7) is 3.63. The Bertz CT molecular complexity index is 1730. The van der Waals surface area contributed by atoms with E-state index in [1.54, 1.807) is 24.1 Å². The molecule has 0 radical (unpaired) electrons. The Hall–Kier alpha value is -5.01. The fourth-order valence-corrected chi connectivity index (χ4v) is 6.15. The summed E-state index contributed by atoms with van der Waals surface area (Å²) in [6, 6.07) is 10.9. The molecular formula is C32H38FN7O6. The van der Waals surface area contributed by atoms with Crippen LogP contribution < -0.4 is 20.1 Å². The molecule has 2 fully saturated rings. The maximum Gasteiger partial charge on any atom is 0.328 e. The van der Waals surface area contributed by atoms with Gasteiger partial charge in [0.2, 0.25) is 17.7 Å². The molecule has 1 amide bonds. The number of aromatic nitrogens is 4. The number of carbonyl (C=O) groups is 1. The Balaban J connectivity index is 0.000000293. The number of nitro benzene ring substituents is 1. The number of amides is 1. The first-order valence-electron chi connectivity index (χ1n) is 15.2. The smallest absolute Gasteiger partial charge is 0.328 e. The van der Waals surface area contributed by atoms with Crippen LogP contribution in [0.1, 0.15) is 25.7 Å². The molecule has 4 aromatic rings. The summed E-state index contributed by atoms with van der Waals surface area (Å²) in [5.41, 5.74) is 1.28. The highest BCUT2D eigenvalue weighted by Crippen LogP contribution is 2.32. The molecule has 2 aliphatic rings. The number of nitro groups is 1. The summed E-state index contributed by atoms with van der Waals surface area (Å²) in [6.07, 6.45) is 7.19. The van der Waals surface area contributed by atoms with Crippen LogP contribution in [0.15, 0.2) is 59.7 Å². The summed E-state index contributed by atoms with van der Waals surface area (Å²) >= 11 is 0. The first-order valence-corrected chi connectivity index (χ1v) is 15.2. The molecule has 1 saturated heterocycles. The van der Waals surface area contributed by atoms with Gasteiger partial charge in [-0.05, 0) is 55.9 Å². The number of ether oxygens (including phenoxy) is 2. The fourth-order valence-electron chi connectivity index (χ4n) is 6.15. The van der Waals surface area contributed by atoms with Crippen molar-refractivity contribution in [3.8, 4) is 11.5 Å². The molecule has 0 bridgehead atoms. The second kappa shape index (κ2) is 14.4. The van der Waals surface area contributed by atoms with Gasteiger partial charge in [-0.15, -0.1) is 0 Å². The van der Waals surface area contributed by atoms with Crippen LogP contribution >= 0.6 is 0 Å². The highest BCUT2D eigenvalue weighted by Gasteiger charge is 2.32.